The van der Waals surface area contributed by atoms with Crippen molar-refractivity contribution in [3.63, 3.8) is 0 Å². The number of primary amides is 1. The summed E-state index contributed by atoms with van der Waals surface area (Å²) in [6, 6.07) is 13.4. The lowest BCUT2D eigenvalue weighted by Crippen LogP contribution is -2.46. The molecular weight excluding hydrogens is 315 g/mol. The Kier molecular flexibility index (Phi) is 3.86. The SMILES string of the molecule is CC1(c2ccccc2)C=C(c2cc(Cl)ccc2F)CN1C(N)=O. The van der Waals surface area contributed by atoms with Crippen molar-refractivity contribution in [1.82, 2.24) is 4.90 Å². The number of carbonyl (C=O) groups excluding carboxylic acids is 1. The summed E-state index contributed by atoms with van der Waals surface area (Å²) in [7, 11) is 0. The summed E-state index contributed by atoms with van der Waals surface area (Å²) in [5.74, 6) is -0.373. The number of nitrogens with zero attached hydrogens (tertiary/aromatic N) is 1. The zero-order chi connectivity index (χ0) is 16.6. The first-order valence-corrected chi connectivity index (χ1v) is 7.59. The molecule has 0 radical (unpaired) electrons. The Bertz CT molecular complexity index is 791. The highest BCUT2D eigenvalue weighted by molar-refractivity contribution is 6.30. The van der Waals surface area contributed by atoms with Crippen LogP contribution in [0.5, 0.6) is 0 Å². The van der Waals surface area contributed by atoms with E-state index in [0.717, 1.165) is 5.56 Å². The second-order valence-electron chi connectivity index (χ2n) is 5.73. The lowest BCUT2D eigenvalue weighted by molar-refractivity contribution is 0.178. The van der Waals surface area contributed by atoms with E-state index in [-0.39, 0.29) is 12.4 Å². The van der Waals surface area contributed by atoms with Gasteiger partial charge in [-0.2, -0.15) is 0 Å². The van der Waals surface area contributed by atoms with Crippen molar-refractivity contribution in [3.8, 4) is 0 Å². The third-order valence-corrected chi connectivity index (χ3v) is 4.48. The highest BCUT2D eigenvalue weighted by Crippen LogP contribution is 2.40. The minimum absolute atomic E-state index is 0.234. The van der Waals surface area contributed by atoms with Crippen molar-refractivity contribution < 1.29 is 9.18 Å². The second kappa shape index (κ2) is 5.70. The van der Waals surface area contributed by atoms with Gasteiger partial charge >= 0.3 is 6.03 Å². The molecule has 23 heavy (non-hydrogen) atoms. The van der Waals surface area contributed by atoms with E-state index in [9.17, 15) is 9.18 Å². The number of rotatable bonds is 2. The number of amides is 2. The van der Waals surface area contributed by atoms with Crippen molar-refractivity contribution in [3.05, 3.63) is 76.6 Å². The van der Waals surface area contributed by atoms with E-state index in [4.69, 9.17) is 17.3 Å². The van der Waals surface area contributed by atoms with Gasteiger partial charge in [0.25, 0.3) is 0 Å². The maximum absolute atomic E-state index is 14.2. The zero-order valence-electron chi connectivity index (χ0n) is 12.6. The molecule has 0 aliphatic carbocycles. The van der Waals surface area contributed by atoms with E-state index in [1.807, 2.05) is 43.3 Å². The van der Waals surface area contributed by atoms with Crippen LogP contribution >= 0.6 is 11.6 Å². The van der Waals surface area contributed by atoms with E-state index in [0.29, 0.717) is 16.2 Å². The highest BCUT2D eigenvalue weighted by Gasteiger charge is 2.40. The molecule has 1 unspecified atom stereocenters. The Hall–Kier alpha value is -2.33. The molecule has 3 rings (SSSR count). The quantitative estimate of drug-likeness (QED) is 0.882. The van der Waals surface area contributed by atoms with Gasteiger partial charge in [0, 0.05) is 17.1 Å². The van der Waals surface area contributed by atoms with Crippen molar-refractivity contribution in [1.29, 1.82) is 0 Å². The minimum atomic E-state index is -0.725. The molecule has 5 heteroatoms. The van der Waals surface area contributed by atoms with Gasteiger partial charge in [-0.15, -0.1) is 0 Å². The van der Waals surface area contributed by atoms with Crippen LogP contribution in [0.3, 0.4) is 0 Å². The van der Waals surface area contributed by atoms with Gasteiger partial charge in [-0.25, -0.2) is 9.18 Å². The fraction of sp³-hybridized carbons (Fsp3) is 0.167. The van der Waals surface area contributed by atoms with E-state index < -0.39 is 11.6 Å². The molecule has 0 aromatic heterocycles. The molecule has 1 aliphatic rings. The number of urea groups is 1. The van der Waals surface area contributed by atoms with Crippen LogP contribution in [0.15, 0.2) is 54.6 Å². The third-order valence-electron chi connectivity index (χ3n) is 4.24. The maximum atomic E-state index is 14.2. The highest BCUT2D eigenvalue weighted by atomic mass is 35.5. The molecule has 1 heterocycles. The summed E-state index contributed by atoms with van der Waals surface area (Å²) in [5, 5.41) is 0.446. The molecule has 2 aromatic carbocycles. The van der Waals surface area contributed by atoms with Gasteiger partial charge < -0.3 is 10.6 Å². The van der Waals surface area contributed by atoms with E-state index in [2.05, 4.69) is 0 Å². The van der Waals surface area contributed by atoms with Gasteiger partial charge in [0.1, 0.15) is 5.82 Å². The minimum Gasteiger partial charge on any atom is -0.351 e. The van der Waals surface area contributed by atoms with Gasteiger partial charge in [-0.3, -0.25) is 0 Å². The fourth-order valence-corrected chi connectivity index (χ4v) is 3.20. The molecule has 0 saturated carbocycles. The normalized spacial score (nSPS) is 20.5. The summed E-state index contributed by atoms with van der Waals surface area (Å²) < 4.78 is 14.2. The van der Waals surface area contributed by atoms with Gasteiger partial charge in [-0.05, 0) is 42.3 Å². The van der Waals surface area contributed by atoms with Gasteiger partial charge in [-0.1, -0.05) is 41.9 Å². The Labute approximate surface area is 139 Å². The Balaban J connectivity index is 2.12. The first-order valence-electron chi connectivity index (χ1n) is 7.21. The number of halogens is 2. The molecule has 0 spiro atoms. The number of benzene rings is 2. The summed E-state index contributed by atoms with van der Waals surface area (Å²) in [5.41, 5.74) is 6.82. The Morgan fingerprint density at radius 1 is 1.26 bits per heavy atom. The first-order chi connectivity index (χ1) is 10.9. The molecule has 2 amide bonds. The lowest BCUT2D eigenvalue weighted by Gasteiger charge is -2.33. The number of carbonyl (C=O) groups is 1. The van der Waals surface area contributed by atoms with E-state index >= 15 is 0 Å². The van der Waals surface area contributed by atoms with Crippen LogP contribution in [0, 0.1) is 5.82 Å². The zero-order valence-corrected chi connectivity index (χ0v) is 13.3. The molecule has 0 fully saturated rings. The first kappa shape index (κ1) is 15.6. The number of hydrogen-bond donors (Lipinski definition) is 1. The third kappa shape index (κ3) is 2.70. The molecule has 2 N–H and O–H groups in total. The van der Waals surface area contributed by atoms with Gasteiger partial charge in [0.05, 0.1) is 5.54 Å². The van der Waals surface area contributed by atoms with Crippen LogP contribution in [-0.2, 0) is 5.54 Å². The standard InChI is InChI=1S/C18H16ClFN2O/c1-18(13-5-3-2-4-6-13)10-12(11-22(18)17(21)23)15-9-14(19)7-8-16(15)20/h2-10H,11H2,1H3,(H2,21,23). The Morgan fingerprint density at radius 2 is 1.96 bits per heavy atom. The topological polar surface area (TPSA) is 46.3 Å². The largest absolute Gasteiger partial charge is 0.351 e. The van der Waals surface area contributed by atoms with Crippen molar-refractivity contribution >= 4 is 23.2 Å². The molecule has 2 aromatic rings. The smallest absolute Gasteiger partial charge is 0.316 e. The number of nitrogens with two attached hydrogens (primary N) is 1. The number of hydrogen-bond acceptors (Lipinski definition) is 1. The average molecular weight is 331 g/mol. The van der Waals surface area contributed by atoms with Crippen LogP contribution in [0.4, 0.5) is 9.18 Å². The molecule has 3 nitrogen and oxygen atoms in total. The van der Waals surface area contributed by atoms with Crippen LogP contribution in [0.25, 0.3) is 5.57 Å². The molecule has 1 atom stereocenters. The van der Waals surface area contributed by atoms with Crippen molar-refractivity contribution in [2.45, 2.75) is 12.5 Å². The predicted octanol–water partition coefficient (Wildman–Crippen LogP) is 4.17. The summed E-state index contributed by atoms with van der Waals surface area (Å²) in [4.78, 5) is 13.4. The van der Waals surface area contributed by atoms with Crippen molar-refractivity contribution in [2.24, 2.45) is 5.73 Å². The second-order valence-corrected chi connectivity index (χ2v) is 6.17. The summed E-state index contributed by atoms with van der Waals surface area (Å²) in [6.07, 6.45) is 1.88. The van der Waals surface area contributed by atoms with Crippen LogP contribution in [0.1, 0.15) is 18.1 Å². The van der Waals surface area contributed by atoms with E-state index in [1.165, 1.54) is 17.0 Å². The molecular formula is C18H16ClFN2O. The molecule has 0 bridgehead atoms. The lowest BCUT2D eigenvalue weighted by atomic mass is 9.91. The van der Waals surface area contributed by atoms with Gasteiger partial charge in [0.15, 0.2) is 0 Å². The molecule has 0 saturated heterocycles. The summed E-state index contributed by atoms with van der Waals surface area (Å²) >= 11 is 5.98. The van der Waals surface area contributed by atoms with Crippen molar-refractivity contribution in [2.75, 3.05) is 6.54 Å². The average Bonchev–Trinajstić information content (AvgIpc) is 2.90. The predicted molar refractivity (Wildman–Crippen MR) is 89.5 cm³/mol. The molecule has 1 aliphatic heterocycles. The van der Waals surface area contributed by atoms with Gasteiger partial charge in [0.2, 0.25) is 0 Å². The monoisotopic (exact) mass is 330 g/mol. The Morgan fingerprint density at radius 3 is 2.61 bits per heavy atom. The van der Waals surface area contributed by atoms with E-state index in [1.54, 1.807) is 6.07 Å². The fourth-order valence-electron chi connectivity index (χ4n) is 3.03. The summed E-state index contributed by atoms with van der Waals surface area (Å²) in [6.45, 7) is 2.13. The van der Waals surface area contributed by atoms with Crippen LogP contribution in [0.2, 0.25) is 5.02 Å². The molecule has 118 valence electrons. The maximum Gasteiger partial charge on any atom is 0.316 e. The van der Waals surface area contributed by atoms with Crippen LogP contribution in [-0.4, -0.2) is 17.5 Å². The van der Waals surface area contributed by atoms with Crippen LogP contribution < -0.4 is 5.73 Å².